The van der Waals surface area contributed by atoms with Crippen LogP contribution in [-0.2, 0) is 25.5 Å². The number of ether oxygens (including phenoxy) is 2. The number of benzene rings is 1. The lowest BCUT2D eigenvalue weighted by Crippen LogP contribution is -2.47. The summed E-state index contributed by atoms with van der Waals surface area (Å²) < 4.78 is 10.2. The van der Waals surface area contributed by atoms with Crippen molar-refractivity contribution >= 4 is 29.4 Å². The first-order valence-corrected chi connectivity index (χ1v) is 10.2. The number of carbonyl (C=O) groups is 3. The predicted molar refractivity (Wildman–Crippen MR) is 110 cm³/mol. The highest BCUT2D eigenvalue weighted by atomic mass is 35.5. The Kier molecular flexibility index (Phi) is 8.76. The van der Waals surface area contributed by atoms with Crippen LogP contribution in [0, 0.1) is 5.92 Å². The van der Waals surface area contributed by atoms with Gasteiger partial charge in [-0.1, -0.05) is 17.7 Å². The van der Waals surface area contributed by atoms with E-state index in [2.05, 4.69) is 0 Å². The van der Waals surface area contributed by atoms with Crippen molar-refractivity contribution in [2.24, 2.45) is 5.92 Å². The van der Waals surface area contributed by atoms with Crippen LogP contribution in [0.25, 0.3) is 0 Å². The largest absolute Gasteiger partial charge is 0.495 e. The maximum absolute atomic E-state index is 12.6. The first-order valence-electron chi connectivity index (χ1n) is 9.86. The molecule has 2 rings (SSSR count). The molecule has 0 spiro atoms. The summed E-state index contributed by atoms with van der Waals surface area (Å²) in [6.07, 6.45) is 2.28. The van der Waals surface area contributed by atoms with Crippen molar-refractivity contribution < 1.29 is 23.9 Å². The van der Waals surface area contributed by atoms with Gasteiger partial charge in [0.1, 0.15) is 5.75 Å². The number of nitrogens with zero attached hydrogens (tertiary/aromatic N) is 2. The number of methoxy groups -OCH3 is 1. The Morgan fingerprint density at radius 3 is 2.72 bits per heavy atom. The summed E-state index contributed by atoms with van der Waals surface area (Å²) in [6, 6.07) is 5.42. The van der Waals surface area contributed by atoms with Gasteiger partial charge in [-0.25, -0.2) is 0 Å². The number of rotatable bonds is 8. The monoisotopic (exact) mass is 424 g/mol. The van der Waals surface area contributed by atoms with Gasteiger partial charge >= 0.3 is 5.97 Å². The third-order valence-corrected chi connectivity index (χ3v) is 5.33. The van der Waals surface area contributed by atoms with Gasteiger partial charge < -0.3 is 19.3 Å². The second-order valence-electron chi connectivity index (χ2n) is 7.15. The zero-order chi connectivity index (χ0) is 21.4. The molecule has 1 aliphatic rings. The molecule has 1 aliphatic heterocycles. The van der Waals surface area contributed by atoms with Gasteiger partial charge in [0.2, 0.25) is 11.8 Å². The van der Waals surface area contributed by atoms with E-state index < -0.39 is 0 Å². The number of likely N-dealkylation sites (tertiary alicyclic amines) is 1. The van der Waals surface area contributed by atoms with Crippen LogP contribution in [0.3, 0.4) is 0 Å². The zero-order valence-electron chi connectivity index (χ0n) is 17.3. The molecule has 1 heterocycles. The van der Waals surface area contributed by atoms with Crippen molar-refractivity contribution in [3.8, 4) is 5.75 Å². The van der Waals surface area contributed by atoms with E-state index in [0.717, 1.165) is 18.4 Å². The fourth-order valence-corrected chi connectivity index (χ4v) is 3.64. The van der Waals surface area contributed by atoms with E-state index in [4.69, 9.17) is 21.1 Å². The molecule has 1 fully saturated rings. The molecule has 1 aromatic rings. The van der Waals surface area contributed by atoms with Gasteiger partial charge in [-0.2, -0.15) is 0 Å². The summed E-state index contributed by atoms with van der Waals surface area (Å²) >= 11 is 6.11. The normalized spacial score (nSPS) is 16.3. The van der Waals surface area contributed by atoms with Crippen LogP contribution in [0.4, 0.5) is 0 Å². The van der Waals surface area contributed by atoms with Gasteiger partial charge in [-0.05, 0) is 43.9 Å². The second kappa shape index (κ2) is 11.0. The van der Waals surface area contributed by atoms with Gasteiger partial charge in [-0.3, -0.25) is 14.4 Å². The summed E-state index contributed by atoms with van der Waals surface area (Å²) in [4.78, 5) is 40.0. The summed E-state index contributed by atoms with van der Waals surface area (Å²) in [5, 5.41) is 0.502. The lowest BCUT2D eigenvalue weighted by atomic mass is 9.98. The number of piperidine rings is 1. The number of aryl methyl sites for hydroxylation is 1. The molecule has 0 saturated carbocycles. The third kappa shape index (κ3) is 6.63. The van der Waals surface area contributed by atoms with Crippen LogP contribution >= 0.6 is 11.6 Å². The lowest BCUT2D eigenvalue weighted by molar-refractivity contribution is -0.152. The molecule has 0 aromatic heterocycles. The van der Waals surface area contributed by atoms with E-state index >= 15 is 0 Å². The molecule has 0 N–H and O–H groups in total. The van der Waals surface area contributed by atoms with E-state index in [1.807, 2.05) is 6.07 Å². The van der Waals surface area contributed by atoms with E-state index in [0.29, 0.717) is 36.9 Å². The predicted octanol–water partition coefficient (Wildman–Crippen LogP) is 2.54. The number of halogens is 1. The Balaban J connectivity index is 1.83. The van der Waals surface area contributed by atoms with Crippen molar-refractivity contribution in [2.45, 2.75) is 32.6 Å². The van der Waals surface area contributed by atoms with Gasteiger partial charge in [0.25, 0.3) is 0 Å². The molecule has 160 valence electrons. The molecule has 0 radical (unpaired) electrons. The van der Waals surface area contributed by atoms with E-state index in [-0.39, 0.29) is 36.7 Å². The van der Waals surface area contributed by atoms with Gasteiger partial charge in [-0.15, -0.1) is 0 Å². The molecular weight excluding hydrogens is 396 g/mol. The third-order valence-electron chi connectivity index (χ3n) is 5.04. The summed E-state index contributed by atoms with van der Waals surface area (Å²) in [5.74, 6) is -0.222. The molecule has 0 bridgehead atoms. The van der Waals surface area contributed by atoms with Crippen LogP contribution in [0.1, 0.15) is 31.7 Å². The number of carbonyl (C=O) groups excluding carboxylic acids is 3. The number of hydrogen-bond donors (Lipinski definition) is 0. The molecule has 1 atom stereocenters. The summed E-state index contributed by atoms with van der Waals surface area (Å²) in [5.41, 5.74) is 0.928. The Labute approximate surface area is 176 Å². The second-order valence-corrected chi connectivity index (χ2v) is 7.56. The number of esters is 1. The molecule has 7 nitrogen and oxygen atoms in total. The van der Waals surface area contributed by atoms with Gasteiger partial charge in [0.15, 0.2) is 0 Å². The number of amides is 2. The van der Waals surface area contributed by atoms with Gasteiger partial charge in [0.05, 0.1) is 31.2 Å². The Morgan fingerprint density at radius 1 is 1.31 bits per heavy atom. The first kappa shape index (κ1) is 23.0. The average molecular weight is 425 g/mol. The van der Waals surface area contributed by atoms with Gasteiger partial charge in [0, 0.05) is 26.6 Å². The van der Waals surface area contributed by atoms with Crippen LogP contribution in [0.5, 0.6) is 5.75 Å². The topological polar surface area (TPSA) is 76.2 Å². The molecule has 8 heteroatoms. The van der Waals surface area contributed by atoms with E-state index in [1.54, 1.807) is 38.1 Å². The summed E-state index contributed by atoms with van der Waals surface area (Å²) in [6.45, 7) is 3.05. The summed E-state index contributed by atoms with van der Waals surface area (Å²) in [7, 11) is 3.17. The van der Waals surface area contributed by atoms with Crippen molar-refractivity contribution in [2.75, 3.05) is 40.4 Å². The van der Waals surface area contributed by atoms with Crippen molar-refractivity contribution in [1.29, 1.82) is 0 Å². The van der Waals surface area contributed by atoms with Crippen LogP contribution in [0.2, 0.25) is 5.02 Å². The molecule has 1 saturated heterocycles. The fraction of sp³-hybridized carbons (Fsp3) is 0.571. The fourth-order valence-electron chi connectivity index (χ4n) is 3.35. The Bertz CT molecular complexity index is 740. The van der Waals surface area contributed by atoms with E-state index in [9.17, 15) is 14.4 Å². The van der Waals surface area contributed by atoms with Crippen LogP contribution < -0.4 is 4.74 Å². The lowest BCUT2D eigenvalue weighted by Gasteiger charge is -2.32. The average Bonchev–Trinajstić information content (AvgIpc) is 2.72. The first-order chi connectivity index (χ1) is 13.8. The zero-order valence-corrected chi connectivity index (χ0v) is 18.0. The Hall–Kier alpha value is -2.28. The SMILES string of the molecule is CCOC(=O)C1CCCN(C(=O)CN(C)C(=O)CCc2ccc(OC)c(Cl)c2)C1. The van der Waals surface area contributed by atoms with Crippen molar-refractivity contribution in [3.05, 3.63) is 28.8 Å². The number of hydrogen-bond acceptors (Lipinski definition) is 5. The van der Waals surface area contributed by atoms with Crippen LogP contribution in [0.15, 0.2) is 18.2 Å². The minimum Gasteiger partial charge on any atom is -0.495 e. The maximum Gasteiger partial charge on any atom is 0.310 e. The van der Waals surface area contributed by atoms with Crippen LogP contribution in [-0.4, -0.2) is 68.0 Å². The maximum atomic E-state index is 12.6. The number of likely N-dealkylation sites (N-methyl/N-ethyl adjacent to an activating group) is 1. The molecule has 1 unspecified atom stereocenters. The highest BCUT2D eigenvalue weighted by Crippen LogP contribution is 2.25. The molecule has 29 heavy (non-hydrogen) atoms. The Morgan fingerprint density at radius 2 is 2.07 bits per heavy atom. The molecule has 2 amide bonds. The minimum atomic E-state index is -0.284. The van der Waals surface area contributed by atoms with Crippen molar-refractivity contribution in [1.82, 2.24) is 9.80 Å². The van der Waals surface area contributed by atoms with Crippen molar-refractivity contribution in [3.63, 3.8) is 0 Å². The quantitative estimate of drug-likeness (QED) is 0.599. The smallest absolute Gasteiger partial charge is 0.310 e. The molecular formula is C21H29ClN2O5. The van der Waals surface area contributed by atoms with E-state index in [1.165, 1.54) is 4.90 Å². The standard InChI is InChI=1S/C21H29ClN2O5/c1-4-29-21(27)16-6-5-11-24(13-16)20(26)14-23(2)19(25)10-8-15-7-9-18(28-3)17(22)12-15/h7,9,12,16H,4-6,8,10-11,13-14H2,1-3H3. The highest BCUT2D eigenvalue weighted by Gasteiger charge is 2.30. The molecule has 1 aromatic carbocycles. The minimum absolute atomic E-state index is 0.00223. The highest BCUT2D eigenvalue weighted by molar-refractivity contribution is 6.32. The molecule has 0 aliphatic carbocycles.